The molecule has 29 heavy (non-hydrogen) atoms. The van der Waals surface area contributed by atoms with E-state index in [0.717, 1.165) is 68.5 Å². The van der Waals surface area contributed by atoms with Crippen molar-refractivity contribution in [1.82, 2.24) is 19.9 Å². The van der Waals surface area contributed by atoms with Crippen LogP contribution in [0.3, 0.4) is 0 Å². The highest BCUT2D eigenvalue weighted by Crippen LogP contribution is 2.24. The minimum atomic E-state index is -0.267. The van der Waals surface area contributed by atoms with Gasteiger partial charge in [-0.25, -0.2) is 14.4 Å². The molecular weight excluding hydrogens is 369 g/mol. The number of halogens is 1. The van der Waals surface area contributed by atoms with Crippen LogP contribution in [0, 0.1) is 5.82 Å². The highest BCUT2D eigenvalue weighted by atomic mass is 19.1. The molecule has 0 saturated carbocycles. The smallest absolute Gasteiger partial charge is 0.163 e. The summed E-state index contributed by atoms with van der Waals surface area (Å²) in [6.45, 7) is 5.45. The van der Waals surface area contributed by atoms with Crippen molar-refractivity contribution in [2.24, 2.45) is 0 Å². The molecule has 0 radical (unpaired) electrons. The topological polar surface area (TPSA) is 63.2 Å². The number of anilines is 1. The molecule has 7 heteroatoms. The van der Waals surface area contributed by atoms with E-state index >= 15 is 0 Å². The van der Waals surface area contributed by atoms with Crippen molar-refractivity contribution in [3.05, 3.63) is 60.7 Å². The van der Waals surface area contributed by atoms with E-state index in [1.807, 2.05) is 18.2 Å². The first-order valence-electron chi connectivity index (χ1n) is 9.87. The molecular formula is C22H24FN5O. The molecule has 4 rings (SSSR count). The summed E-state index contributed by atoms with van der Waals surface area (Å²) in [6.07, 6.45) is 4.47. The van der Waals surface area contributed by atoms with Crippen LogP contribution in [0.2, 0.25) is 0 Å². The first-order chi connectivity index (χ1) is 14.3. The Morgan fingerprint density at radius 1 is 1.03 bits per heavy atom. The van der Waals surface area contributed by atoms with E-state index in [0.29, 0.717) is 5.82 Å². The molecule has 6 nitrogen and oxygen atoms in total. The Kier molecular flexibility index (Phi) is 6.38. The summed E-state index contributed by atoms with van der Waals surface area (Å²) in [5.41, 5.74) is 2.43. The molecule has 3 aromatic rings. The lowest BCUT2D eigenvalue weighted by Gasteiger charge is -2.26. The zero-order valence-electron chi connectivity index (χ0n) is 16.2. The Morgan fingerprint density at radius 3 is 2.62 bits per heavy atom. The molecule has 1 aliphatic heterocycles. The lowest BCUT2D eigenvalue weighted by atomic mass is 10.1. The lowest BCUT2D eigenvalue weighted by Crippen LogP contribution is -2.37. The third-order valence-corrected chi connectivity index (χ3v) is 4.85. The first-order valence-corrected chi connectivity index (χ1v) is 9.87. The summed E-state index contributed by atoms with van der Waals surface area (Å²) in [5, 5.41) is 3.41. The molecule has 0 atom stereocenters. The van der Waals surface area contributed by atoms with Crippen LogP contribution < -0.4 is 5.32 Å². The molecule has 0 amide bonds. The molecule has 1 aliphatic rings. The summed E-state index contributed by atoms with van der Waals surface area (Å²) in [4.78, 5) is 15.9. The summed E-state index contributed by atoms with van der Waals surface area (Å²) in [6, 6.07) is 12.0. The van der Waals surface area contributed by atoms with Crippen molar-refractivity contribution in [3.8, 4) is 22.6 Å². The Labute approximate surface area is 169 Å². The number of pyridine rings is 1. The van der Waals surface area contributed by atoms with Gasteiger partial charge in [0.05, 0.1) is 18.9 Å². The largest absolute Gasteiger partial charge is 0.379 e. The minimum Gasteiger partial charge on any atom is -0.379 e. The SMILES string of the molecule is Fc1ccc(-c2cc(NCCCN3CCOCC3)nc(-c3cccnc3)n2)cc1. The molecule has 0 aliphatic carbocycles. The second kappa shape index (κ2) is 9.54. The third kappa shape index (κ3) is 5.34. The molecule has 1 N–H and O–H groups in total. The highest BCUT2D eigenvalue weighted by Gasteiger charge is 2.11. The fourth-order valence-corrected chi connectivity index (χ4v) is 3.27. The van der Waals surface area contributed by atoms with Crippen LogP contribution in [-0.4, -0.2) is 59.2 Å². The van der Waals surface area contributed by atoms with Gasteiger partial charge in [0.1, 0.15) is 11.6 Å². The molecule has 2 aromatic heterocycles. The van der Waals surface area contributed by atoms with Crippen LogP contribution in [0.15, 0.2) is 54.9 Å². The van der Waals surface area contributed by atoms with E-state index in [4.69, 9.17) is 4.74 Å². The average Bonchev–Trinajstić information content (AvgIpc) is 2.78. The number of nitrogens with zero attached hydrogens (tertiary/aromatic N) is 4. The van der Waals surface area contributed by atoms with E-state index in [1.54, 1.807) is 24.5 Å². The number of benzene rings is 1. The summed E-state index contributed by atoms with van der Waals surface area (Å²) >= 11 is 0. The lowest BCUT2D eigenvalue weighted by molar-refractivity contribution is 0.0378. The van der Waals surface area contributed by atoms with Gasteiger partial charge >= 0.3 is 0 Å². The van der Waals surface area contributed by atoms with Crippen molar-refractivity contribution in [1.29, 1.82) is 0 Å². The second-order valence-electron chi connectivity index (χ2n) is 6.94. The van der Waals surface area contributed by atoms with Crippen LogP contribution in [0.1, 0.15) is 6.42 Å². The third-order valence-electron chi connectivity index (χ3n) is 4.85. The van der Waals surface area contributed by atoms with Crippen LogP contribution in [0.5, 0.6) is 0 Å². The van der Waals surface area contributed by atoms with Gasteiger partial charge in [-0.15, -0.1) is 0 Å². The van der Waals surface area contributed by atoms with Gasteiger partial charge in [0, 0.05) is 49.2 Å². The highest BCUT2D eigenvalue weighted by molar-refractivity contribution is 5.67. The Morgan fingerprint density at radius 2 is 1.86 bits per heavy atom. The second-order valence-corrected chi connectivity index (χ2v) is 6.94. The predicted molar refractivity (Wildman–Crippen MR) is 111 cm³/mol. The molecule has 0 unspecified atom stereocenters. The maximum Gasteiger partial charge on any atom is 0.163 e. The van der Waals surface area contributed by atoms with E-state index in [-0.39, 0.29) is 5.82 Å². The Bertz CT molecular complexity index is 914. The predicted octanol–water partition coefficient (Wildman–Crippen LogP) is 3.48. The first kappa shape index (κ1) is 19.4. The van der Waals surface area contributed by atoms with E-state index in [9.17, 15) is 4.39 Å². The van der Waals surface area contributed by atoms with Crippen LogP contribution in [0.4, 0.5) is 10.2 Å². The molecule has 0 spiro atoms. The molecule has 1 fully saturated rings. The zero-order chi connectivity index (χ0) is 19.9. The van der Waals surface area contributed by atoms with Gasteiger partial charge < -0.3 is 10.1 Å². The maximum atomic E-state index is 13.3. The van der Waals surface area contributed by atoms with Gasteiger partial charge in [0.25, 0.3) is 0 Å². The Balaban J connectivity index is 1.50. The normalized spacial score (nSPS) is 14.7. The number of rotatable bonds is 7. The number of hydrogen-bond donors (Lipinski definition) is 1. The van der Waals surface area contributed by atoms with Gasteiger partial charge in [-0.1, -0.05) is 0 Å². The molecule has 3 heterocycles. The fraction of sp³-hybridized carbons (Fsp3) is 0.318. The number of aromatic nitrogens is 3. The van der Waals surface area contributed by atoms with Crippen LogP contribution >= 0.6 is 0 Å². The minimum absolute atomic E-state index is 0.267. The van der Waals surface area contributed by atoms with Gasteiger partial charge in [0.2, 0.25) is 0 Å². The summed E-state index contributed by atoms with van der Waals surface area (Å²) < 4.78 is 18.7. The van der Waals surface area contributed by atoms with Crippen molar-refractivity contribution in [3.63, 3.8) is 0 Å². The van der Waals surface area contributed by atoms with E-state index < -0.39 is 0 Å². The number of ether oxygens (including phenoxy) is 1. The van der Waals surface area contributed by atoms with Crippen molar-refractivity contribution in [2.75, 3.05) is 44.7 Å². The fourth-order valence-electron chi connectivity index (χ4n) is 3.27. The van der Waals surface area contributed by atoms with Crippen LogP contribution in [-0.2, 0) is 4.74 Å². The molecule has 150 valence electrons. The van der Waals surface area contributed by atoms with Crippen LogP contribution in [0.25, 0.3) is 22.6 Å². The van der Waals surface area contributed by atoms with Gasteiger partial charge in [0.15, 0.2) is 5.82 Å². The maximum absolute atomic E-state index is 13.3. The van der Waals surface area contributed by atoms with E-state index in [1.165, 1.54) is 12.1 Å². The van der Waals surface area contributed by atoms with Gasteiger partial charge in [-0.3, -0.25) is 9.88 Å². The van der Waals surface area contributed by atoms with Crippen molar-refractivity contribution < 1.29 is 9.13 Å². The summed E-state index contributed by atoms with van der Waals surface area (Å²) in [5.74, 6) is 1.08. The van der Waals surface area contributed by atoms with Gasteiger partial charge in [-0.05, 0) is 49.4 Å². The standard InChI is InChI=1S/C22H24FN5O/c23-19-6-4-17(5-7-19)20-15-21(25-9-2-10-28-11-13-29-14-12-28)27-22(26-20)18-3-1-8-24-16-18/h1,3-8,15-16H,2,9-14H2,(H,25,26,27). The molecule has 1 aromatic carbocycles. The average molecular weight is 393 g/mol. The number of morpholine rings is 1. The monoisotopic (exact) mass is 393 g/mol. The zero-order valence-corrected chi connectivity index (χ0v) is 16.2. The number of nitrogens with one attached hydrogen (secondary N) is 1. The number of hydrogen-bond acceptors (Lipinski definition) is 6. The van der Waals surface area contributed by atoms with Crippen molar-refractivity contribution in [2.45, 2.75) is 6.42 Å². The van der Waals surface area contributed by atoms with Gasteiger partial charge in [-0.2, -0.15) is 0 Å². The summed E-state index contributed by atoms with van der Waals surface area (Å²) in [7, 11) is 0. The molecule has 0 bridgehead atoms. The van der Waals surface area contributed by atoms with E-state index in [2.05, 4.69) is 25.2 Å². The van der Waals surface area contributed by atoms with Crippen molar-refractivity contribution >= 4 is 5.82 Å². The quantitative estimate of drug-likeness (QED) is 0.620. The molecule has 1 saturated heterocycles. The Hall–Kier alpha value is -2.90.